The molecular formula is C14H17BClFO2. The average Bonchev–Trinajstić information content (AvgIpc) is 2.51. The maximum atomic E-state index is 13.8. The molecule has 1 fully saturated rings. The van der Waals surface area contributed by atoms with Gasteiger partial charge in [0.1, 0.15) is 5.82 Å². The molecule has 0 radical (unpaired) electrons. The third kappa shape index (κ3) is 2.57. The molecule has 0 unspecified atom stereocenters. The zero-order valence-electron chi connectivity index (χ0n) is 11.6. The van der Waals surface area contributed by atoms with Crippen molar-refractivity contribution in [3.63, 3.8) is 0 Å². The minimum Gasteiger partial charge on any atom is -0.399 e. The first kappa shape index (κ1) is 14.6. The molecule has 0 N–H and O–H groups in total. The van der Waals surface area contributed by atoms with Crippen molar-refractivity contribution in [2.45, 2.75) is 38.9 Å². The van der Waals surface area contributed by atoms with E-state index in [0.717, 1.165) is 0 Å². The van der Waals surface area contributed by atoms with Crippen LogP contribution in [0, 0.1) is 5.82 Å². The number of rotatable bonds is 2. The highest BCUT2D eigenvalue weighted by molar-refractivity contribution is 6.68. The molecule has 1 aromatic carbocycles. The Morgan fingerprint density at radius 3 is 2.26 bits per heavy atom. The van der Waals surface area contributed by atoms with Crippen LogP contribution in [0.3, 0.4) is 0 Å². The molecule has 0 aliphatic carbocycles. The van der Waals surface area contributed by atoms with Crippen LogP contribution >= 0.6 is 11.6 Å². The lowest BCUT2D eigenvalue weighted by Gasteiger charge is -2.32. The molecule has 1 aromatic rings. The lowest BCUT2D eigenvalue weighted by molar-refractivity contribution is 0.00578. The average molecular weight is 283 g/mol. The van der Waals surface area contributed by atoms with Gasteiger partial charge in [-0.2, -0.15) is 0 Å². The van der Waals surface area contributed by atoms with E-state index in [-0.39, 0.29) is 5.82 Å². The Morgan fingerprint density at radius 1 is 1.21 bits per heavy atom. The molecule has 2 nitrogen and oxygen atoms in total. The summed E-state index contributed by atoms with van der Waals surface area (Å²) in [5.74, 6) is -0.385. The van der Waals surface area contributed by atoms with Gasteiger partial charge in [0.2, 0.25) is 0 Å². The molecule has 1 aliphatic heterocycles. The molecule has 102 valence electrons. The van der Waals surface area contributed by atoms with E-state index in [0.29, 0.717) is 16.1 Å². The van der Waals surface area contributed by atoms with Crippen molar-refractivity contribution in [3.8, 4) is 0 Å². The summed E-state index contributed by atoms with van der Waals surface area (Å²) in [5, 5.41) is 0.453. The van der Waals surface area contributed by atoms with Crippen LogP contribution in [0.5, 0.6) is 0 Å². The van der Waals surface area contributed by atoms with Gasteiger partial charge >= 0.3 is 7.12 Å². The maximum absolute atomic E-state index is 13.8. The summed E-state index contributed by atoms with van der Waals surface area (Å²) in [5.41, 5.74) is -0.185. The Balaban J connectivity index is 2.30. The Bertz CT molecular complexity index is 512. The fraction of sp³-hybridized carbons (Fsp3) is 0.429. The second-order valence-corrected chi connectivity index (χ2v) is 6.17. The first-order valence-corrected chi connectivity index (χ1v) is 6.52. The van der Waals surface area contributed by atoms with E-state index in [1.54, 1.807) is 0 Å². The Morgan fingerprint density at radius 2 is 1.74 bits per heavy atom. The monoisotopic (exact) mass is 282 g/mol. The number of benzene rings is 1. The summed E-state index contributed by atoms with van der Waals surface area (Å²) in [4.78, 5) is 0. The summed E-state index contributed by atoms with van der Waals surface area (Å²) in [6.45, 7) is 11.6. The van der Waals surface area contributed by atoms with Crippen molar-refractivity contribution in [2.24, 2.45) is 0 Å². The third-order valence-electron chi connectivity index (χ3n) is 3.81. The van der Waals surface area contributed by atoms with Crippen LogP contribution in [-0.2, 0) is 9.31 Å². The van der Waals surface area contributed by atoms with Gasteiger partial charge in [-0.1, -0.05) is 18.2 Å². The first-order valence-electron chi connectivity index (χ1n) is 6.14. The molecule has 5 heteroatoms. The zero-order valence-corrected chi connectivity index (χ0v) is 12.3. The van der Waals surface area contributed by atoms with Gasteiger partial charge in [0.05, 0.1) is 11.2 Å². The van der Waals surface area contributed by atoms with Crippen LogP contribution in [0.25, 0.3) is 5.47 Å². The molecule has 0 atom stereocenters. The lowest BCUT2D eigenvalue weighted by atomic mass is 9.75. The molecule has 2 rings (SSSR count). The van der Waals surface area contributed by atoms with E-state index in [1.165, 1.54) is 18.2 Å². The van der Waals surface area contributed by atoms with E-state index in [1.807, 2.05) is 27.7 Å². The van der Waals surface area contributed by atoms with Gasteiger partial charge in [0.15, 0.2) is 0 Å². The van der Waals surface area contributed by atoms with Crippen molar-refractivity contribution in [2.75, 3.05) is 0 Å². The van der Waals surface area contributed by atoms with Gasteiger partial charge in [0.25, 0.3) is 0 Å². The summed E-state index contributed by atoms with van der Waals surface area (Å²) in [6.07, 6.45) is 0. The van der Waals surface area contributed by atoms with Crippen LogP contribution in [0.4, 0.5) is 4.39 Å². The first-order chi connectivity index (χ1) is 8.64. The van der Waals surface area contributed by atoms with E-state index in [2.05, 4.69) is 6.58 Å². The van der Waals surface area contributed by atoms with Gasteiger partial charge < -0.3 is 9.31 Å². The second-order valence-electron chi connectivity index (χ2n) is 5.74. The summed E-state index contributed by atoms with van der Waals surface area (Å²) < 4.78 is 25.5. The van der Waals surface area contributed by atoms with Crippen LogP contribution in [0.1, 0.15) is 33.3 Å². The van der Waals surface area contributed by atoms with Crippen LogP contribution < -0.4 is 0 Å². The van der Waals surface area contributed by atoms with Gasteiger partial charge in [-0.15, -0.1) is 0 Å². The predicted octanol–water partition coefficient (Wildman–Crippen LogP) is 4.12. The Hall–Kier alpha value is -0.835. The Kier molecular flexibility index (Phi) is 3.54. The SMILES string of the molecule is C=C(B1OC(C)(C)C(C)(C)O1)c1cc(Cl)ccc1F. The van der Waals surface area contributed by atoms with Crippen molar-refractivity contribution < 1.29 is 13.7 Å². The molecular weight excluding hydrogens is 265 g/mol. The highest BCUT2D eigenvalue weighted by Gasteiger charge is 2.52. The van der Waals surface area contributed by atoms with Gasteiger partial charge in [0, 0.05) is 10.6 Å². The fourth-order valence-electron chi connectivity index (χ4n) is 1.86. The van der Waals surface area contributed by atoms with Crippen molar-refractivity contribution in [1.29, 1.82) is 0 Å². The second kappa shape index (κ2) is 4.62. The van der Waals surface area contributed by atoms with Crippen molar-refractivity contribution >= 4 is 24.2 Å². The standard InChI is InChI=1S/C14H17BClFO2/c1-9(11-8-10(16)6-7-12(11)17)15-18-13(2,3)14(4,5)19-15/h6-8H,1H2,2-5H3. The van der Waals surface area contributed by atoms with Gasteiger partial charge in [-0.25, -0.2) is 4.39 Å². The molecule has 0 saturated carbocycles. The van der Waals surface area contributed by atoms with E-state index in [4.69, 9.17) is 20.9 Å². The Labute approximate surface area is 118 Å². The fourth-order valence-corrected chi connectivity index (χ4v) is 2.03. The van der Waals surface area contributed by atoms with Crippen LogP contribution in [-0.4, -0.2) is 18.3 Å². The molecule has 1 aliphatic rings. The topological polar surface area (TPSA) is 18.5 Å². The number of hydrogen-bond donors (Lipinski definition) is 0. The van der Waals surface area contributed by atoms with E-state index >= 15 is 0 Å². The predicted molar refractivity (Wildman–Crippen MR) is 76.5 cm³/mol. The summed E-state index contributed by atoms with van der Waals surface area (Å²) in [6, 6.07) is 4.34. The van der Waals surface area contributed by atoms with E-state index in [9.17, 15) is 4.39 Å². The molecule has 1 saturated heterocycles. The lowest BCUT2D eigenvalue weighted by Crippen LogP contribution is -2.41. The molecule has 0 spiro atoms. The van der Waals surface area contributed by atoms with E-state index < -0.39 is 18.3 Å². The van der Waals surface area contributed by atoms with Gasteiger partial charge in [-0.05, 0) is 51.4 Å². The van der Waals surface area contributed by atoms with Crippen LogP contribution in [0.15, 0.2) is 24.8 Å². The summed E-state index contributed by atoms with van der Waals surface area (Å²) >= 11 is 5.89. The minimum absolute atomic E-state index is 0.325. The summed E-state index contributed by atoms with van der Waals surface area (Å²) in [7, 11) is -0.669. The highest BCUT2D eigenvalue weighted by atomic mass is 35.5. The van der Waals surface area contributed by atoms with Crippen molar-refractivity contribution in [1.82, 2.24) is 0 Å². The smallest absolute Gasteiger partial charge is 0.399 e. The minimum atomic E-state index is -0.669. The van der Waals surface area contributed by atoms with Gasteiger partial charge in [-0.3, -0.25) is 0 Å². The maximum Gasteiger partial charge on any atom is 0.494 e. The molecule has 1 heterocycles. The molecule has 0 aromatic heterocycles. The number of hydrogen-bond acceptors (Lipinski definition) is 2. The number of halogens is 2. The molecule has 0 amide bonds. The molecule has 0 bridgehead atoms. The third-order valence-corrected chi connectivity index (χ3v) is 4.05. The quantitative estimate of drug-likeness (QED) is 0.760. The van der Waals surface area contributed by atoms with Crippen LogP contribution in [0.2, 0.25) is 5.02 Å². The zero-order chi connectivity index (χ0) is 14.4. The highest BCUT2D eigenvalue weighted by Crippen LogP contribution is 2.40. The largest absolute Gasteiger partial charge is 0.494 e. The molecule has 19 heavy (non-hydrogen) atoms. The van der Waals surface area contributed by atoms with Crippen molar-refractivity contribution in [3.05, 3.63) is 41.2 Å². The normalized spacial score (nSPS) is 20.6.